The van der Waals surface area contributed by atoms with Crippen LogP contribution in [-0.4, -0.2) is 40.6 Å². The van der Waals surface area contributed by atoms with Crippen LogP contribution in [0.1, 0.15) is 43.7 Å². The number of benzene rings is 2. The fraction of sp³-hybridized carbons (Fsp3) is 0.458. The molecule has 2 aromatic carbocycles. The molecule has 0 radical (unpaired) electrons. The molecule has 2 heterocycles. The number of carbonyl (C=O) groups excluding carboxylic acids is 1. The van der Waals surface area contributed by atoms with E-state index in [0.717, 1.165) is 54.0 Å². The van der Waals surface area contributed by atoms with Crippen molar-refractivity contribution in [2.45, 2.75) is 49.3 Å². The van der Waals surface area contributed by atoms with E-state index in [2.05, 4.69) is 4.72 Å². The van der Waals surface area contributed by atoms with E-state index in [1.807, 2.05) is 18.2 Å². The molecule has 0 saturated heterocycles. The van der Waals surface area contributed by atoms with Gasteiger partial charge in [-0.3, -0.25) is 4.79 Å². The molecule has 32 heavy (non-hydrogen) atoms. The third-order valence-electron chi connectivity index (χ3n) is 6.95. The average Bonchev–Trinajstić information content (AvgIpc) is 3.45. The summed E-state index contributed by atoms with van der Waals surface area (Å²) in [6.45, 7) is 3.53. The van der Waals surface area contributed by atoms with Crippen LogP contribution in [-0.2, 0) is 26.7 Å². The number of sulfonamides is 1. The lowest BCUT2D eigenvalue weighted by Crippen LogP contribution is -2.39. The number of hydrogen-bond acceptors (Lipinski definition) is 5. The Balaban J connectivity index is 1.38. The minimum atomic E-state index is -3.68. The van der Waals surface area contributed by atoms with Gasteiger partial charge in [0.2, 0.25) is 15.9 Å². The molecule has 1 aliphatic carbocycles. The Morgan fingerprint density at radius 2 is 1.81 bits per heavy atom. The Kier molecular flexibility index (Phi) is 5.37. The van der Waals surface area contributed by atoms with Crippen LogP contribution in [0.3, 0.4) is 0 Å². The van der Waals surface area contributed by atoms with Crippen LogP contribution in [0, 0.1) is 0 Å². The normalized spacial score (nSPS) is 19.1. The summed E-state index contributed by atoms with van der Waals surface area (Å²) in [5.74, 6) is 1.45. The number of nitrogens with zero attached hydrogens (tertiary/aromatic N) is 1. The van der Waals surface area contributed by atoms with Gasteiger partial charge < -0.3 is 14.4 Å². The number of fused-ring (bicyclic) bond motifs is 2. The van der Waals surface area contributed by atoms with Gasteiger partial charge in [-0.1, -0.05) is 18.9 Å². The summed E-state index contributed by atoms with van der Waals surface area (Å²) in [5.41, 5.74) is 2.53. The van der Waals surface area contributed by atoms with E-state index in [1.165, 1.54) is 6.92 Å². The smallest absolute Gasteiger partial charge is 0.240 e. The number of nitrogens with one attached hydrogen (secondary N) is 1. The lowest BCUT2D eigenvalue weighted by atomic mass is 9.79. The predicted octanol–water partition coefficient (Wildman–Crippen LogP) is 3.16. The third kappa shape index (κ3) is 3.75. The summed E-state index contributed by atoms with van der Waals surface area (Å²) in [6, 6.07) is 11.0. The number of rotatable bonds is 5. The van der Waals surface area contributed by atoms with Gasteiger partial charge in [-0.05, 0) is 60.7 Å². The number of anilines is 1. The lowest BCUT2D eigenvalue weighted by Gasteiger charge is -2.31. The summed E-state index contributed by atoms with van der Waals surface area (Å²) >= 11 is 0. The van der Waals surface area contributed by atoms with E-state index >= 15 is 0 Å². The monoisotopic (exact) mass is 456 g/mol. The van der Waals surface area contributed by atoms with Crippen LogP contribution in [0.15, 0.2) is 41.3 Å². The van der Waals surface area contributed by atoms with Crippen LogP contribution in [0.4, 0.5) is 5.69 Å². The number of hydrogen-bond donors (Lipinski definition) is 1. The van der Waals surface area contributed by atoms with Crippen LogP contribution >= 0.6 is 0 Å². The summed E-state index contributed by atoms with van der Waals surface area (Å²) in [6.07, 6.45) is 4.64. The zero-order chi connectivity index (χ0) is 22.3. The highest BCUT2D eigenvalue weighted by Crippen LogP contribution is 2.44. The molecule has 0 unspecified atom stereocenters. The van der Waals surface area contributed by atoms with Gasteiger partial charge in [-0.15, -0.1) is 0 Å². The number of ether oxygens (including phenoxy) is 2. The SMILES string of the molecule is CC(=O)N1CCc2cc(S(=O)(=O)NCC3(c4ccc5c(c4)OCCO5)CCCC3)ccc21. The molecular formula is C24H28N2O5S. The first-order chi connectivity index (χ1) is 15.4. The predicted molar refractivity (Wildman–Crippen MR) is 121 cm³/mol. The molecular weight excluding hydrogens is 428 g/mol. The van der Waals surface area contributed by atoms with Crippen molar-refractivity contribution >= 4 is 21.6 Å². The molecule has 170 valence electrons. The molecule has 0 aromatic heterocycles. The molecule has 0 atom stereocenters. The molecule has 1 fully saturated rings. The zero-order valence-electron chi connectivity index (χ0n) is 18.2. The maximum absolute atomic E-state index is 13.2. The fourth-order valence-electron chi connectivity index (χ4n) is 5.18. The maximum Gasteiger partial charge on any atom is 0.240 e. The molecule has 2 aromatic rings. The van der Waals surface area contributed by atoms with E-state index < -0.39 is 10.0 Å². The van der Waals surface area contributed by atoms with Gasteiger partial charge in [0.05, 0.1) is 4.90 Å². The lowest BCUT2D eigenvalue weighted by molar-refractivity contribution is -0.116. The Morgan fingerprint density at radius 3 is 2.56 bits per heavy atom. The Labute approximate surface area is 188 Å². The standard InChI is InChI=1S/C24H28N2O5S/c1-17(27)26-11-8-18-14-20(5-6-21(18)26)32(28,29)25-16-24(9-2-3-10-24)19-4-7-22-23(15-19)31-13-12-30-22/h4-7,14-15,25H,2-3,8-13,16H2,1H3. The molecule has 8 heteroatoms. The Bertz CT molecular complexity index is 1150. The molecule has 2 aliphatic heterocycles. The van der Waals surface area contributed by atoms with E-state index in [4.69, 9.17) is 9.47 Å². The van der Waals surface area contributed by atoms with Crippen molar-refractivity contribution in [3.63, 3.8) is 0 Å². The highest BCUT2D eigenvalue weighted by Gasteiger charge is 2.38. The first kappa shape index (κ1) is 21.3. The Hall–Kier alpha value is -2.58. The molecule has 1 amide bonds. The largest absolute Gasteiger partial charge is 0.486 e. The molecule has 3 aliphatic rings. The number of carbonyl (C=O) groups is 1. The van der Waals surface area contributed by atoms with Crippen LogP contribution in [0.5, 0.6) is 11.5 Å². The van der Waals surface area contributed by atoms with Crippen LogP contribution in [0.25, 0.3) is 0 Å². The Morgan fingerprint density at radius 1 is 1.06 bits per heavy atom. The second kappa shape index (κ2) is 8.08. The topological polar surface area (TPSA) is 84.9 Å². The van der Waals surface area contributed by atoms with Crippen molar-refractivity contribution < 1.29 is 22.7 Å². The van der Waals surface area contributed by atoms with E-state index in [0.29, 0.717) is 32.7 Å². The highest BCUT2D eigenvalue weighted by atomic mass is 32.2. The van der Waals surface area contributed by atoms with Crippen molar-refractivity contribution in [1.82, 2.24) is 4.72 Å². The first-order valence-corrected chi connectivity index (χ1v) is 12.7. The molecule has 5 rings (SSSR count). The van der Waals surface area contributed by atoms with E-state index in [-0.39, 0.29) is 16.2 Å². The third-order valence-corrected chi connectivity index (χ3v) is 8.35. The van der Waals surface area contributed by atoms with Gasteiger partial charge >= 0.3 is 0 Å². The first-order valence-electron chi connectivity index (χ1n) is 11.2. The maximum atomic E-state index is 13.2. The van der Waals surface area contributed by atoms with Crippen LogP contribution < -0.4 is 19.1 Å². The van der Waals surface area contributed by atoms with Gasteiger partial charge in [0.15, 0.2) is 11.5 Å². The molecule has 7 nitrogen and oxygen atoms in total. The second-order valence-corrected chi connectivity index (χ2v) is 10.6. The minimum Gasteiger partial charge on any atom is -0.486 e. The van der Waals surface area contributed by atoms with Crippen molar-refractivity contribution in [3.8, 4) is 11.5 Å². The van der Waals surface area contributed by atoms with Gasteiger partial charge in [-0.25, -0.2) is 13.1 Å². The zero-order valence-corrected chi connectivity index (χ0v) is 19.0. The molecule has 0 spiro atoms. The summed E-state index contributed by atoms with van der Waals surface area (Å²) in [4.78, 5) is 13.7. The van der Waals surface area contributed by atoms with Crippen molar-refractivity contribution in [2.75, 3.05) is 31.2 Å². The molecule has 0 bridgehead atoms. The minimum absolute atomic E-state index is 0.0277. The van der Waals surface area contributed by atoms with Gasteiger partial charge in [-0.2, -0.15) is 0 Å². The van der Waals surface area contributed by atoms with Gasteiger partial charge in [0.25, 0.3) is 0 Å². The average molecular weight is 457 g/mol. The van der Waals surface area contributed by atoms with E-state index in [9.17, 15) is 13.2 Å². The quantitative estimate of drug-likeness (QED) is 0.747. The molecule has 1 saturated carbocycles. The van der Waals surface area contributed by atoms with Gasteiger partial charge in [0, 0.05) is 31.1 Å². The van der Waals surface area contributed by atoms with Crippen molar-refractivity contribution in [1.29, 1.82) is 0 Å². The van der Waals surface area contributed by atoms with Crippen molar-refractivity contribution in [3.05, 3.63) is 47.5 Å². The number of amides is 1. The highest BCUT2D eigenvalue weighted by molar-refractivity contribution is 7.89. The van der Waals surface area contributed by atoms with E-state index in [1.54, 1.807) is 23.1 Å². The van der Waals surface area contributed by atoms with Gasteiger partial charge in [0.1, 0.15) is 13.2 Å². The summed E-state index contributed by atoms with van der Waals surface area (Å²) < 4.78 is 40.6. The fourth-order valence-corrected chi connectivity index (χ4v) is 6.36. The van der Waals surface area contributed by atoms with Crippen molar-refractivity contribution in [2.24, 2.45) is 0 Å². The molecule has 1 N–H and O–H groups in total. The summed E-state index contributed by atoms with van der Waals surface area (Å²) in [7, 11) is -3.68. The van der Waals surface area contributed by atoms with Crippen LogP contribution in [0.2, 0.25) is 0 Å². The second-order valence-electron chi connectivity index (χ2n) is 8.88. The summed E-state index contributed by atoms with van der Waals surface area (Å²) in [5, 5.41) is 0.